The highest BCUT2D eigenvalue weighted by Crippen LogP contribution is 2.41. The van der Waals surface area contributed by atoms with Gasteiger partial charge in [0.15, 0.2) is 0 Å². The highest BCUT2D eigenvalue weighted by molar-refractivity contribution is 6.33. The number of aromatic nitrogens is 3. The highest BCUT2D eigenvalue weighted by Gasteiger charge is 2.50. The summed E-state index contributed by atoms with van der Waals surface area (Å²) in [5, 5.41) is 3.32. The fraction of sp³-hybridized carbons (Fsp3) is 0.391. The number of carbonyl (C=O) groups excluding carboxylic acids is 2. The smallest absolute Gasteiger partial charge is 0.407 e. The third-order valence-corrected chi connectivity index (χ3v) is 5.84. The van der Waals surface area contributed by atoms with Gasteiger partial charge in [-0.3, -0.25) is 4.79 Å². The summed E-state index contributed by atoms with van der Waals surface area (Å²) in [6, 6.07) is 6.98. The molecule has 4 rings (SSSR count). The lowest BCUT2D eigenvalue weighted by molar-refractivity contribution is -0.136. The van der Waals surface area contributed by atoms with Gasteiger partial charge in [-0.05, 0) is 23.4 Å². The normalized spacial score (nSPS) is 18.3. The van der Waals surface area contributed by atoms with Crippen molar-refractivity contribution in [2.45, 2.75) is 38.3 Å². The van der Waals surface area contributed by atoms with Crippen molar-refractivity contribution in [2.75, 3.05) is 13.7 Å². The van der Waals surface area contributed by atoms with Crippen molar-refractivity contribution >= 4 is 36.2 Å². The molecule has 11 heteroatoms. The zero-order valence-electron chi connectivity index (χ0n) is 19.0. The van der Waals surface area contributed by atoms with E-state index in [0.717, 1.165) is 15.8 Å². The molecule has 2 atom stereocenters. The minimum absolute atomic E-state index is 0.223. The van der Waals surface area contributed by atoms with E-state index in [1.165, 1.54) is 13.3 Å². The van der Waals surface area contributed by atoms with E-state index in [1.807, 2.05) is 12.1 Å². The van der Waals surface area contributed by atoms with E-state index < -0.39 is 43.0 Å². The van der Waals surface area contributed by atoms with Crippen molar-refractivity contribution in [3.05, 3.63) is 42.4 Å². The molecule has 1 aromatic carbocycles. The van der Waals surface area contributed by atoms with Gasteiger partial charge in [0.05, 0.1) is 42.8 Å². The summed E-state index contributed by atoms with van der Waals surface area (Å²) in [7, 11) is 6.98. The SMILES string of the molecule is [B]c1ccc2nc(-c3cnc(C4CC(F)(F)CN4C(=O)[C@@H](NC(=O)OC)C(C)C)[nH]3)ccc2c1. The van der Waals surface area contributed by atoms with E-state index in [4.69, 9.17) is 7.85 Å². The topological polar surface area (TPSA) is 100 Å². The number of hydrogen-bond donors (Lipinski definition) is 2. The molecular weight excluding hydrogens is 443 g/mol. The van der Waals surface area contributed by atoms with Gasteiger partial charge in [-0.1, -0.05) is 37.5 Å². The van der Waals surface area contributed by atoms with Crippen molar-refractivity contribution in [1.82, 2.24) is 25.2 Å². The van der Waals surface area contributed by atoms with Crippen molar-refractivity contribution in [2.24, 2.45) is 5.92 Å². The molecule has 8 nitrogen and oxygen atoms in total. The van der Waals surface area contributed by atoms with E-state index in [1.54, 1.807) is 32.0 Å². The molecule has 0 saturated carbocycles. The van der Waals surface area contributed by atoms with Crippen molar-refractivity contribution in [3.8, 4) is 11.4 Å². The first-order valence-electron chi connectivity index (χ1n) is 10.8. The Morgan fingerprint density at radius 3 is 2.76 bits per heavy atom. The first-order valence-corrected chi connectivity index (χ1v) is 10.8. The number of nitrogens with zero attached hydrogens (tertiary/aromatic N) is 3. The molecule has 1 aliphatic heterocycles. The number of aromatic amines is 1. The summed E-state index contributed by atoms with van der Waals surface area (Å²) in [6.45, 7) is 2.66. The number of pyridine rings is 1. The van der Waals surface area contributed by atoms with Crippen LogP contribution >= 0.6 is 0 Å². The summed E-state index contributed by atoms with van der Waals surface area (Å²) < 4.78 is 33.5. The number of H-pyrrole nitrogens is 1. The number of nitrogens with one attached hydrogen (secondary N) is 2. The second-order valence-electron chi connectivity index (χ2n) is 8.73. The van der Waals surface area contributed by atoms with E-state index in [-0.39, 0.29) is 11.7 Å². The van der Waals surface area contributed by atoms with Gasteiger partial charge < -0.3 is 19.9 Å². The number of carbonyl (C=O) groups is 2. The van der Waals surface area contributed by atoms with E-state index >= 15 is 0 Å². The molecular formula is C23H24BF2N5O3. The average molecular weight is 467 g/mol. The van der Waals surface area contributed by atoms with E-state index in [0.29, 0.717) is 16.9 Å². The van der Waals surface area contributed by atoms with Crippen LogP contribution < -0.4 is 10.8 Å². The predicted octanol–water partition coefficient (Wildman–Crippen LogP) is 2.71. The van der Waals surface area contributed by atoms with Crippen LogP contribution in [0.4, 0.5) is 13.6 Å². The van der Waals surface area contributed by atoms with Crippen molar-refractivity contribution < 1.29 is 23.1 Å². The monoisotopic (exact) mass is 467 g/mol. The van der Waals surface area contributed by atoms with Gasteiger partial charge >= 0.3 is 6.09 Å². The summed E-state index contributed by atoms with van der Waals surface area (Å²) in [4.78, 5) is 37.9. The van der Waals surface area contributed by atoms with Crippen LogP contribution in [0.1, 0.15) is 32.1 Å². The van der Waals surface area contributed by atoms with Crippen LogP contribution in [0.15, 0.2) is 36.5 Å². The molecule has 2 radical (unpaired) electrons. The predicted molar refractivity (Wildman–Crippen MR) is 123 cm³/mol. The molecule has 34 heavy (non-hydrogen) atoms. The van der Waals surface area contributed by atoms with Gasteiger partial charge in [0.1, 0.15) is 19.7 Å². The number of likely N-dealkylation sites (tertiary alicyclic amines) is 1. The molecule has 0 spiro atoms. The van der Waals surface area contributed by atoms with Crippen molar-refractivity contribution in [1.29, 1.82) is 0 Å². The Labute approximate surface area is 196 Å². The van der Waals surface area contributed by atoms with Crippen LogP contribution in [0, 0.1) is 5.92 Å². The largest absolute Gasteiger partial charge is 0.453 e. The fourth-order valence-corrected chi connectivity index (χ4v) is 4.10. The number of amides is 2. The Balaban J connectivity index is 1.63. The molecule has 1 unspecified atom stereocenters. The molecule has 3 aromatic rings. The van der Waals surface area contributed by atoms with Gasteiger partial charge in [0.2, 0.25) is 5.91 Å². The van der Waals surface area contributed by atoms with Crippen molar-refractivity contribution in [3.63, 3.8) is 0 Å². The lowest BCUT2D eigenvalue weighted by Gasteiger charge is -2.29. The molecule has 1 saturated heterocycles. The molecule has 2 aromatic heterocycles. The lowest BCUT2D eigenvalue weighted by Crippen LogP contribution is -2.51. The molecule has 3 heterocycles. The van der Waals surface area contributed by atoms with Gasteiger partial charge in [-0.15, -0.1) is 0 Å². The van der Waals surface area contributed by atoms with Gasteiger partial charge in [0, 0.05) is 6.42 Å². The van der Waals surface area contributed by atoms with Gasteiger partial charge in [0.25, 0.3) is 5.92 Å². The van der Waals surface area contributed by atoms with Gasteiger partial charge in [-0.2, -0.15) is 0 Å². The molecule has 1 fully saturated rings. The second kappa shape index (κ2) is 9.04. The molecule has 2 N–H and O–H groups in total. The number of methoxy groups -OCH3 is 1. The first kappa shape index (κ1) is 23.7. The quantitative estimate of drug-likeness (QED) is 0.563. The number of halogens is 2. The highest BCUT2D eigenvalue weighted by atomic mass is 19.3. The first-order chi connectivity index (χ1) is 16.1. The van der Waals surface area contributed by atoms with Gasteiger partial charge in [-0.25, -0.2) is 23.5 Å². The number of imidazole rings is 1. The number of hydrogen-bond acceptors (Lipinski definition) is 5. The minimum atomic E-state index is -3.10. The zero-order valence-corrected chi connectivity index (χ0v) is 19.0. The molecule has 176 valence electrons. The maximum absolute atomic E-state index is 14.5. The third-order valence-electron chi connectivity index (χ3n) is 5.84. The Kier molecular flexibility index (Phi) is 6.29. The average Bonchev–Trinajstić information content (AvgIpc) is 3.40. The third kappa shape index (κ3) is 4.73. The summed E-state index contributed by atoms with van der Waals surface area (Å²) in [5.74, 6) is -3.84. The molecule has 0 aliphatic carbocycles. The Morgan fingerprint density at radius 1 is 1.29 bits per heavy atom. The van der Waals surface area contributed by atoms with E-state index in [9.17, 15) is 18.4 Å². The van der Waals surface area contributed by atoms with Crippen LogP contribution in [-0.4, -0.2) is 65.3 Å². The maximum atomic E-state index is 14.5. The molecule has 2 amide bonds. The fourth-order valence-electron chi connectivity index (χ4n) is 4.10. The number of ether oxygens (including phenoxy) is 1. The Bertz CT molecular complexity index is 1230. The van der Waals surface area contributed by atoms with Crippen LogP contribution in [0.2, 0.25) is 0 Å². The minimum Gasteiger partial charge on any atom is -0.453 e. The summed E-state index contributed by atoms with van der Waals surface area (Å²) >= 11 is 0. The lowest BCUT2D eigenvalue weighted by atomic mass is 9.95. The Hall–Kier alpha value is -3.50. The zero-order chi connectivity index (χ0) is 24.6. The van der Waals surface area contributed by atoms with Crippen LogP contribution in [0.5, 0.6) is 0 Å². The van der Waals surface area contributed by atoms with Crippen LogP contribution in [-0.2, 0) is 9.53 Å². The van der Waals surface area contributed by atoms with Crippen LogP contribution in [0.25, 0.3) is 22.3 Å². The number of alkyl carbamates (subject to hydrolysis) is 1. The standard InChI is InChI=1S/C23H24BF2N5O3/c1-12(2)19(30-22(33)34-3)21(32)31-11-23(25,26)9-18(31)20-27-10-17(29-20)16-6-4-13-8-14(24)5-7-15(13)28-16/h4-8,10,12,18-19H,9,11H2,1-3H3,(H,27,29)(H,30,33)/t18?,19-/m0/s1. The second-order valence-corrected chi connectivity index (χ2v) is 8.73. The Morgan fingerprint density at radius 2 is 2.06 bits per heavy atom. The number of rotatable bonds is 5. The molecule has 0 bridgehead atoms. The summed E-state index contributed by atoms with van der Waals surface area (Å²) in [5.41, 5.74) is 2.45. The summed E-state index contributed by atoms with van der Waals surface area (Å²) in [6.07, 6.45) is 0.116. The molecule has 1 aliphatic rings. The number of fused-ring (bicyclic) bond motifs is 1. The van der Waals surface area contributed by atoms with Crippen LogP contribution in [0.3, 0.4) is 0 Å². The number of benzene rings is 1. The maximum Gasteiger partial charge on any atom is 0.407 e. The van der Waals surface area contributed by atoms with E-state index in [2.05, 4.69) is 25.0 Å². The number of alkyl halides is 2.